The Labute approximate surface area is 170 Å². The molecule has 2 aliphatic rings. The lowest BCUT2D eigenvalue weighted by Gasteiger charge is -2.43. The number of nitrogens with zero attached hydrogens (tertiary/aromatic N) is 3. The van der Waals surface area contributed by atoms with Crippen molar-refractivity contribution < 1.29 is 14.0 Å². The SMILES string of the molecule is O=C(c1ccn[nH]1)N1CCC(C2CCCCN2C(=O)Cc2ccccc2F)CC1. The first-order valence-corrected chi connectivity index (χ1v) is 10.4. The monoisotopic (exact) mass is 398 g/mol. The lowest BCUT2D eigenvalue weighted by molar-refractivity contribution is -0.136. The molecule has 1 atom stereocenters. The molecule has 2 saturated heterocycles. The van der Waals surface area contributed by atoms with E-state index in [-0.39, 0.29) is 30.1 Å². The van der Waals surface area contributed by atoms with E-state index >= 15 is 0 Å². The summed E-state index contributed by atoms with van der Waals surface area (Å²) in [5.74, 6) is 0.0542. The molecule has 1 N–H and O–H groups in total. The predicted octanol–water partition coefficient (Wildman–Crippen LogP) is 3.02. The van der Waals surface area contributed by atoms with Gasteiger partial charge in [-0.1, -0.05) is 18.2 Å². The number of carbonyl (C=O) groups excluding carboxylic acids is 2. The number of aromatic nitrogens is 2. The smallest absolute Gasteiger partial charge is 0.271 e. The molecule has 2 amide bonds. The van der Waals surface area contributed by atoms with Crippen LogP contribution < -0.4 is 0 Å². The largest absolute Gasteiger partial charge is 0.339 e. The number of carbonyl (C=O) groups is 2. The van der Waals surface area contributed by atoms with Gasteiger partial charge in [0.15, 0.2) is 0 Å². The Bertz CT molecular complexity index is 846. The van der Waals surface area contributed by atoms with Crippen molar-refractivity contribution in [2.45, 2.75) is 44.6 Å². The minimum atomic E-state index is -0.319. The molecule has 0 bridgehead atoms. The predicted molar refractivity (Wildman–Crippen MR) is 107 cm³/mol. The Kier molecular flexibility index (Phi) is 5.92. The van der Waals surface area contributed by atoms with Crippen molar-refractivity contribution >= 4 is 11.8 Å². The quantitative estimate of drug-likeness (QED) is 0.861. The first kappa shape index (κ1) is 19.6. The van der Waals surface area contributed by atoms with Crippen LogP contribution in [0.2, 0.25) is 0 Å². The summed E-state index contributed by atoms with van der Waals surface area (Å²) in [6.45, 7) is 2.12. The van der Waals surface area contributed by atoms with Gasteiger partial charge < -0.3 is 9.80 Å². The van der Waals surface area contributed by atoms with Crippen LogP contribution in [-0.4, -0.2) is 57.5 Å². The molecule has 2 fully saturated rings. The summed E-state index contributed by atoms with van der Waals surface area (Å²) in [6.07, 6.45) is 6.56. The molecular formula is C22H27FN4O2. The fraction of sp³-hybridized carbons (Fsp3) is 0.500. The first-order valence-electron chi connectivity index (χ1n) is 10.4. The Balaban J connectivity index is 1.38. The molecule has 0 radical (unpaired) electrons. The fourth-order valence-corrected chi connectivity index (χ4v) is 4.70. The van der Waals surface area contributed by atoms with Crippen LogP contribution in [0.1, 0.15) is 48.2 Å². The molecular weight excluding hydrogens is 371 g/mol. The number of aromatic amines is 1. The lowest BCUT2D eigenvalue weighted by Crippen LogP contribution is -2.51. The van der Waals surface area contributed by atoms with Gasteiger partial charge in [-0.2, -0.15) is 5.10 Å². The van der Waals surface area contributed by atoms with Crippen molar-refractivity contribution in [2.75, 3.05) is 19.6 Å². The summed E-state index contributed by atoms with van der Waals surface area (Å²) < 4.78 is 14.0. The molecule has 154 valence electrons. The number of amides is 2. The van der Waals surface area contributed by atoms with Crippen LogP contribution in [0.25, 0.3) is 0 Å². The van der Waals surface area contributed by atoms with Crippen molar-refractivity contribution in [2.24, 2.45) is 5.92 Å². The Morgan fingerprint density at radius 3 is 2.59 bits per heavy atom. The van der Waals surface area contributed by atoms with Crippen LogP contribution in [0, 0.1) is 11.7 Å². The van der Waals surface area contributed by atoms with Gasteiger partial charge in [0.1, 0.15) is 11.5 Å². The Morgan fingerprint density at radius 2 is 1.86 bits per heavy atom. The maximum Gasteiger partial charge on any atom is 0.271 e. The first-order chi connectivity index (χ1) is 14.1. The zero-order valence-electron chi connectivity index (χ0n) is 16.5. The zero-order valence-corrected chi connectivity index (χ0v) is 16.5. The van der Waals surface area contributed by atoms with E-state index in [1.54, 1.807) is 30.5 Å². The lowest BCUT2D eigenvalue weighted by atomic mass is 9.83. The minimum absolute atomic E-state index is 0.00997. The van der Waals surface area contributed by atoms with Gasteiger partial charge in [0.2, 0.25) is 5.91 Å². The summed E-state index contributed by atoms with van der Waals surface area (Å²) in [5, 5.41) is 6.59. The molecule has 1 aromatic carbocycles. The van der Waals surface area contributed by atoms with E-state index in [0.29, 0.717) is 30.3 Å². The van der Waals surface area contributed by atoms with Gasteiger partial charge in [0, 0.05) is 31.9 Å². The van der Waals surface area contributed by atoms with Crippen molar-refractivity contribution in [3.8, 4) is 0 Å². The number of rotatable bonds is 4. The van der Waals surface area contributed by atoms with E-state index in [0.717, 1.165) is 38.6 Å². The van der Waals surface area contributed by atoms with E-state index < -0.39 is 0 Å². The van der Waals surface area contributed by atoms with Crippen LogP contribution in [0.3, 0.4) is 0 Å². The number of piperidine rings is 2. The molecule has 29 heavy (non-hydrogen) atoms. The summed E-state index contributed by atoms with van der Waals surface area (Å²) in [7, 11) is 0. The van der Waals surface area contributed by atoms with E-state index in [4.69, 9.17) is 0 Å². The maximum absolute atomic E-state index is 14.0. The molecule has 2 aliphatic heterocycles. The van der Waals surface area contributed by atoms with E-state index in [2.05, 4.69) is 10.2 Å². The average Bonchev–Trinajstić information content (AvgIpc) is 3.30. The number of nitrogens with one attached hydrogen (secondary N) is 1. The second-order valence-electron chi connectivity index (χ2n) is 8.02. The van der Waals surface area contributed by atoms with Gasteiger partial charge >= 0.3 is 0 Å². The number of H-pyrrole nitrogens is 1. The third kappa shape index (κ3) is 4.33. The molecule has 1 aromatic heterocycles. The number of hydrogen-bond acceptors (Lipinski definition) is 3. The third-order valence-electron chi connectivity index (χ3n) is 6.27. The highest BCUT2D eigenvalue weighted by Crippen LogP contribution is 2.31. The molecule has 0 aliphatic carbocycles. The normalized spacial score (nSPS) is 20.7. The van der Waals surface area contributed by atoms with Gasteiger partial charge in [-0.05, 0) is 55.7 Å². The van der Waals surface area contributed by atoms with Gasteiger partial charge in [0.05, 0.1) is 6.42 Å². The number of hydrogen-bond donors (Lipinski definition) is 1. The molecule has 3 heterocycles. The molecule has 7 heteroatoms. The van der Waals surface area contributed by atoms with Crippen molar-refractivity contribution in [1.29, 1.82) is 0 Å². The van der Waals surface area contributed by atoms with Crippen LogP contribution >= 0.6 is 0 Å². The molecule has 0 spiro atoms. The van der Waals surface area contributed by atoms with E-state index in [9.17, 15) is 14.0 Å². The summed E-state index contributed by atoms with van der Waals surface area (Å²) in [4.78, 5) is 29.3. The molecule has 2 aromatic rings. The standard InChI is InChI=1S/C22H27FN4O2/c23-18-6-2-1-5-17(18)15-21(28)27-12-4-3-7-20(27)16-9-13-26(14-10-16)22(29)19-8-11-24-25-19/h1-2,5-6,8,11,16,20H,3-4,7,9-10,12-15H2,(H,24,25). The van der Waals surface area contributed by atoms with E-state index in [1.807, 2.05) is 9.80 Å². The van der Waals surface area contributed by atoms with Gasteiger partial charge in [-0.25, -0.2) is 4.39 Å². The van der Waals surface area contributed by atoms with Crippen LogP contribution in [0.5, 0.6) is 0 Å². The third-order valence-corrected chi connectivity index (χ3v) is 6.27. The number of likely N-dealkylation sites (tertiary alicyclic amines) is 2. The maximum atomic E-state index is 14.0. The number of halogens is 1. The van der Waals surface area contributed by atoms with Gasteiger partial charge in [0.25, 0.3) is 5.91 Å². The highest BCUT2D eigenvalue weighted by molar-refractivity contribution is 5.92. The average molecular weight is 398 g/mol. The highest BCUT2D eigenvalue weighted by Gasteiger charge is 2.35. The van der Waals surface area contributed by atoms with Crippen LogP contribution in [0.15, 0.2) is 36.5 Å². The van der Waals surface area contributed by atoms with Crippen LogP contribution in [-0.2, 0) is 11.2 Å². The molecule has 0 saturated carbocycles. The van der Waals surface area contributed by atoms with Crippen molar-refractivity contribution in [3.05, 3.63) is 53.6 Å². The van der Waals surface area contributed by atoms with Gasteiger partial charge in [-0.3, -0.25) is 14.7 Å². The summed E-state index contributed by atoms with van der Waals surface area (Å²) in [5.41, 5.74) is 0.976. The van der Waals surface area contributed by atoms with Gasteiger partial charge in [-0.15, -0.1) is 0 Å². The fourth-order valence-electron chi connectivity index (χ4n) is 4.70. The topological polar surface area (TPSA) is 69.3 Å². The second kappa shape index (κ2) is 8.76. The Hall–Kier alpha value is -2.70. The summed E-state index contributed by atoms with van der Waals surface area (Å²) >= 11 is 0. The van der Waals surface area contributed by atoms with E-state index in [1.165, 1.54) is 6.07 Å². The molecule has 6 nitrogen and oxygen atoms in total. The number of benzene rings is 1. The minimum Gasteiger partial charge on any atom is -0.339 e. The van der Waals surface area contributed by atoms with Crippen molar-refractivity contribution in [3.63, 3.8) is 0 Å². The van der Waals surface area contributed by atoms with Crippen LogP contribution in [0.4, 0.5) is 4.39 Å². The Morgan fingerprint density at radius 1 is 1.07 bits per heavy atom. The van der Waals surface area contributed by atoms with Crippen molar-refractivity contribution in [1.82, 2.24) is 20.0 Å². The summed E-state index contributed by atoms with van der Waals surface area (Å²) in [6, 6.07) is 8.39. The molecule has 1 unspecified atom stereocenters. The second-order valence-corrected chi connectivity index (χ2v) is 8.02. The molecule has 4 rings (SSSR count). The zero-order chi connectivity index (χ0) is 20.2. The highest BCUT2D eigenvalue weighted by atomic mass is 19.1.